The van der Waals surface area contributed by atoms with E-state index in [-0.39, 0.29) is 5.56 Å². The van der Waals surface area contributed by atoms with E-state index in [1.165, 1.54) is 0 Å². The Labute approximate surface area is 134 Å². The molecule has 2 heterocycles. The Hall–Kier alpha value is -1.92. The van der Waals surface area contributed by atoms with Crippen LogP contribution in [-0.2, 0) is 19.5 Å². The zero-order chi connectivity index (χ0) is 15.5. The molecule has 0 saturated carbocycles. The third-order valence-corrected chi connectivity index (χ3v) is 4.06. The van der Waals surface area contributed by atoms with Crippen molar-refractivity contribution < 1.29 is 4.74 Å². The second kappa shape index (κ2) is 6.46. The van der Waals surface area contributed by atoms with Crippen LogP contribution in [0.15, 0.2) is 29.1 Å². The Morgan fingerprint density at radius 2 is 2.14 bits per heavy atom. The first-order valence-corrected chi connectivity index (χ1v) is 7.85. The van der Waals surface area contributed by atoms with Crippen LogP contribution in [0.3, 0.4) is 0 Å². The van der Waals surface area contributed by atoms with Gasteiger partial charge in [-0.05, 0) is 25.2 Å². The number of hydrogen-bond acceptors (Lipinski definition) is 4. The van der Waals surface area contributed by atoms with Crippen molar-refractivity contribution in [2.45, 2.75) is 26.4 Å². The van der Waals surface area contributed by atoms with Crippen LogP contribution in [0.5, 0.6) is 5.75 Å². The normalized spacial score (nSPS) is 14.6. The maximum absolute atomic E-state index is 12.1. The number of nitrogens with zero attached hydrogens (tertiary/aromatic N) is 1. The molecule has 0 unspecified atom stereocenters. The Bertz CT molecular complexity index is 781. The number of H-pyrrole nitrogens is 2. The number of rotatable bonds is 4. The molecule has 0 spiro atoms. The van der Waals surface area contributed by atoms with Gasteiger partial charge in [-0.1, -0.05) is 18.2 Å². The molecule has 3 rings (SSSR count). The molecule has 0 aliphatic carbocycles. The van der Waals surface area contributed by atoms with E-state index >= 15 is 0 Å². The van der Waals surface area contributed by atoms with Crippen molar-refractivity contribution in [3.05, 3.63) is 56.2 Å². The van der Waals surface area contributed by atoms with Gasteiger partial charge in [0.1, 0.15) is 5.75 Å². The van der Waals surface area contributed by atoms with Crippen molar-refractivity contribution in [3.8, 4) is 5.75 Å². The third-order valence-electron chi connectivity index (χ3n) is 3.86. The lowest BCUT2D eigenvalue weighted by Crippen LogP contribution is -2.35. The minimum Gasteiger partial charge on any atom is -0.494 e. The average molecular weight is 317 g/mol. The molecule has 5 nitrogen and oxygen atoms in total. The average Bonchev–Trinajstić information content (AvgIpc) is 2.50. The van der Waals surface area contributed by atoms with Crippen molar-refractivity contribution in [1.82, 2.24) is 14.9 Å². The largest absolute Gasteiger partial charge is 0.494 e. The summed E-state index contributed by atoms with van der Waals surface area (Å²) in [6, 6.07) is 8.05. The maximum Gasteiger partial charge on any atom is 0.256 e. The minimum absolute atomic E-state index is 0.0819. The van der Waals surface area contributed by atoms with Gasteiger partial charge < -0.3 is 9.72 Å². The fourth-order valence-electron chi connectivity index (χ4n) is 2.82. The van der Waals surface area contributed by atoms with Crippen LogP contribution in [0.2, 0.25) is 0 Å². The van der Waals surface area contributed by atoms with E-state index in [9.17, 15) is 4.79 Å². The summed E-state index contributed by atoms with van der Waals surface area (Å²) >= 11 is 5.02. The topological polar surface area (TPSA) is 61.1 Å². The second-order valence-electron chi connectivity index (χ2n) is 5.37. The monoisotopic (exact) mass is 317 g/mol. The zero-order valence-corrected chi connectivity index (χ0v) is 13.3. The van der Waals surface area contributed by atoms with Crippen LogP contribution in [0.1, 0.15) is 23.7 Å². The van der Waals surface area contributed by atoms with Gasteiger partial charge in [-0.3, -0.25) is 14.7 Å². The summed E-state index contributed by atoms with van der Waals surface area (Å²) in [5.41, 5.74) is 2.81. The van der Waals surface area contributed by atoms with E-state index in [4.69, 9.17) is 17.0 Å². The first-order chi connectivity index (χ1) is 10.7. The molecule has 2 aromatic rings. The number of para-hydroxylation sites is 1. The van der Waals surface area contributed by atoms with Crippen LogP contribution in [0, 0.1) is 4.77 Å². The highest BCUT2D eigenvalue weighted by molar-refractivity contribution is 7.71. The smallest absolute Gasteiger partial charge is 0.256 e. The number of nitrogens with one attached hydrogen (secondary N) is 2. The van der Waals surface area contributed by atoms with Crippen LogP contribution < -0.4 is 10.3 Å². The summed E-state index contributed by atoms with van der Waals surface area (Å²) in [5.74, 6) is 0.914. The third kappa shape index (κ3) is 3.13. The first-order valence-electron chi connectivity index (χ1n) is 7.44. The van der Waals surface area contributed by atoms with Gasteiger partial charge in [0.2, 0.25) is 0 Å². The van der Waals surface area contributed by atoms with E-state index in [1.54, 1.807) is 0 Å². The molecule has 6 heteroatoms. The fourth-order valence-corrected chi connectivity index (χ4v) is 3.04. The molecule has 0 amide bonds. The Balaban J connectivity index is 1.81. The van der Waals surface area contributed by atoms with E-state index in [1.807, 2.05) is 25.1 Å². The van der Waals surface area contributed by atoms with Gasteiger partial charge in [0.15, 0.2) is 4.77 Å². The highest BCUT2D eigenvalue weighted by Crippen LogP contribution is 2.22. The van der Waals surface area contributed by atoms with Crippen molar-refractivity contribution in [2.75, 3.05) is 13.2 Å². The molecule has 0 atom stereocenters. The van der Waals surface area contributed by atoms with Crippen molar-refractivity contribution in [3.63, 3.8) is 0 Å². The summed E-state index contributed by atoms with van der Waals surface area (Å²) in [4.78, 5) is 20.1. The molecule has 0 saturated heterocycles. The lowest BCUT2D eigenvalue weighted by Gasteiger charge is -2.28. The van der Waals surface area contributed by atoms with Crippen LogP contribution in [-0.4, -0.2) is 28.0 Å². The predicted molar refractivity (Wildman–Crippen MR) is 87.7 cm³/mol. The van der Waals surface area contributed by atoms with E-state index in [2.05, 4.69) is 20.9 Å². The predicted octanol–water partition coefficient (Wildman–Crippen LogP) is 2.39. The maximum atomic E-state index is 12.1. The molecule has 2 N–H and O–H groups in total. The molecule has 0 radical (unpaired) electrons. The van der Waals surface area contributed by atoms with Gasteiger partial charge in [0.25, 0.3) is 5.56 Å². The second-order valence-corrected chi connectivity index (χ2v) is 5.77. The van der Waals surface area contributed by atoms with Crippen molar-refractivity contribution >= 4 is 12.2 Å². The Morgan fingerprint density at radius 3 is 2.95 bits per heavy atom. The van der Waals surface area contributed by atoms with Crippen molar-refractivity contribution in [2.24, 2.45) is 0 Å². The zero-order valence-electron chi connectivity index (χ0n) is 12.5. The van der Waals surface area contributed by atoms with Crippen molar-refractivity contribution in [1.29, 1.82) is 0 Å². The summed E-state index contributed by atoms with van der Waals surface area (Å²) < 4.78 is 6.07. The number of benzene rings is 1. The lowest BCUT2D eigenvalue weighted by atomic mass is 10.1. The van der Waals surface area contributed by atoms with Crippen LogP contribution in [0.25, 0.3) is 0 Å². The molecule has 0 bridgehead atoms. The molecule has 116 valence electrons. The van der Waals surface area contributed by atoms with Crippen LogP contribution in [0.4, 0.5) is 0 Å². The number of ether oxygens (including phenoxy) is 1. The molecule has 1 aliphatic rings. The van der Waals surface area contributed by atoms with E-state index in [0.717, 1.165) is 42.1 Å². The van der Waals surface area contributed by atoms with E-state index in [0.29, 0.717) is 17.9 Å². The SMILES string of the molecule is CCOc1ccccc1CN1CCc2[nH]c(=S)[nH]c(=O)c2C1. The number of hydrogen-bond donors (Lipinski definition) is 2. The molecule has 1 aromatic carbocycles. The summed E-state index contributed by atoms with van der Waals surface area (Å²) in [6.45, 7) is 4.91. The highest BCUT2D eigenvalue weighted by atomic mass is 32.1. The molecule has 1 aromatic heterocycles. The highest BCUT2D eigenvalue weighted by Gasteiger charge is 2.20. The number of aromatic amines is 2. The summed E-state index contributed by atoms with van der Waals surface area (Å²) in [6.07, 6.45) is 0.805. The van der Waals surface area contributed by atoms with Gasteiger partial charge in [-0.15, -0.1) is 0 Å². The first kappa shape index (κ1) is 15.0. The molecular weight excluding hydrogens is 298 g/mol. The lowest BCUT2D eigenvalue weighted by molar-refractivity contribution is 0.235. The van der Waals surface area contributed by atoms with Gasteiger partial charge in [0.05, 0.1) is 12.2 Å². The standard InChI is InChI=1S/C16H19N3O2S/c1-2-21-14-6-4-3-5-11(14)9-19-8-7-13-12(10-19)15(20)18-16(22)17-13/h3-6H,2,7-10H2,1H3,(H2,17,18,20,22). The molecular formula is C16H19N3O2S. The fraction of sp³-hybridized carbons (Fsp3) is 0.375. The molecule has 1 aliphatic heterocycles. The summed E-state index contributed by atoms with van der Waals surface area (Å²) in [7, 11) is 0. The van der Waals surface area contributed by atoms with Gasteiger partial charge in [0, 0.05) is 37.3 Å². The van der Waals surface area contributed by atoms with Gasteiger partial charge >= 0.3 is 0 Å². The minimum atomic E-state index is -0.0819. The van der Waals surface area contributed by atoms with E-state index < -0.39 is 0 Å². The van der Waals surface area contributed by atoms with Gasteiger partial charge in [-0.2, -0.15) is 0 Å². The summed E-state index contributed by atoms with van der Waals surface area (Å²) in [5, 5.41) is 0. The van der Waals surface area contributed by atoms with Crippen LogP contribution >= 0.6 is 12.2 Å². The number of aromatic nitrogens is 2. The Kier molecular flexibility index (Phi) is 4.40. The number of fused-ring (bicyclic) bond motifs is 1. The van der Waals surface area contributed by atoms with Gasteiger partial charge in [-0.25, -0.2) is 0 Å². The quantitative estimate of drug-likeness (QED) is 0.850. The Morgan fingerprint density at radius 1 is 1.32 bits per heavy atom. The molecule has 22 heavy (non-hydrogen) atoms. The molecule has 0 fully saturated rings.